The molecule has 0 spiro atoms. The molecule has 1 saturated heterocycles. The number of aliphatic carboxylic acids is 2. The summed E-state index contributed by atoms with van der Waals surface area (Å²) < 4.78 is 5.25. The number of likely N-dealkylation sites (N-methyl/N-ethyl adjacent to an activating group) is 1. The molecule has 0 aliphatic carbocycles. The lowest BCUT2D eigenvalue weighted by Crippen LogP contribution is -2.29. The lowest BCUT2D eigenvalue weighted by atomic mass is 9.90. The van der Waals surface area contributed by atoms with Crippen LogP contribution in [0.2, 0.25) is 0 Å². The van der Waals surface area contributed by atoms with Crippen LogP contribution in [0.4, 0.5) is 0 Å². The molecule has 0 aromatic carbocycles. The van der Waals surface area contributed by atoms with Gasteiger partial charge in [-0.1, -0.05) is 11.2 Å². The summed E-state index contributed by atoms with van der Waals surface area (Å²) >= 11 is 0. The number of carboxylic acids is 2. The van der Waals surface area contributed by atoms with Crippen molar-refractivity contribution in [1.29, 1.82) is 0 Å². The van der Waals surface area contributed by atoms with E-state index < -0.39 is 11.9 Å². The monoisotopic (exact) mass is 337 g/mol. The normalized spacial score (nSPS) is 21.4. The van der Waals surface area contributed by atoms with Crippen molar-refractivity contribution in [2.75, 3.05) is 33.2 Å². The van der Waals surface area contributed by atoms with Crippen LogP contribution in [0.1, 0.15) is 36.4 Å². The van der Waals surface area contributed by atoms with Gasteiger partial charge in [0, 0.05) is 31.1 Å². The summed E-state index contributed by atoms with van der Waals surface area (Å²) in [6.07, 6.45) is 7.74. The van der Waals surface area contributed by atoms with Crippen molar-refractivity contribution in [3.8, 4) is 0 Å². The molecule has 8 nitrogen and oxygen atoms in total. The van der Waals surface area contributed by atoms with Gasteiger partial charge in [0.05, 0.1) is 5.69 Å². The Kier molecular flexibility index (Phi) is 6.51. The van der Waals surface area contributed by atoms with Gasteiger partial charge in [0.25, 0.3) is 0 Å². The molecule has 2 aliphatic rings. The number of rotatable bonds is 2. The molecule has 1 aromatic heterocycles. The van der Waals surface area contributed by atoms with Crippen molar-refractivity contribution in [2.45, 2.75) is 25.2 Å². The number of carboxylic acid groups (broad SMARTS) is 2. The van der Waals surface area contributed by atoms with Gasteiger partial charge in [0.15, 0.2) is 0 Å². The van der Waals surface area contributed by atoms with Gasteiger partial charge in [0.2, 0.25) is 0 Å². The van der Waals surface area contributed by atoms with Crippen LogP contribution in [0, 0.1) is 0 Å². The van der Waals surface area contributed by atoms with E-state index in [1.54, 1.807) is 0 Å². The van der Waals surface area contributed by atoms with Crippen molar-refractivity contribution >= 4 is 17.5 Å². The Morgan fingerprint density at radius 1 is 1.38 bits per heavy atom. The van der Waals surface area contributed by atoms with E-state index in [-0.39, 0.29) is 0 Å². The first-order valence-electron chi connectivity index (χ1n) is 7.98. The fourth-order valence-corrected chi connectivity index (χ4v) is 2.95. The quantitative estimate of drug-likeness (QED) is 0.685. The Balaban J connectivity index is 0.000000301. The zero-order chi connectivity index (χ0) is 17.5. The van der Waals surface area contributed by atoms with Crippen LogP contribution in [0.25, 0.3) is 5.57 Å². The molecule has 0 amide bonds. The molecule has 1 unspecified atom stereocenters. The second-order valence-corrected chi connectivity index (χ2v) is 6.02. The predicted molar refractivity (Wildman–Crippen MR) is 86.7 cm³/mol. The summed E-state index contributed by atoms with van der Waals surface area (Å²) in [5.41, 5.74) is 3.77. The third-order valence-corrected chi connectivity index (χ3v) is 4.15. The van der Waals surface area contributed by atoms with Gasteiger partial charge in [0.1, 0.15) is 6.26 Å². The third kappa shape index (κ3) is 4.90. The highest BCUT2D eigenvalue weighted by molar-refractivity contribution is 6.27. The number of hydrogen-bond donors (Lipinski definition) is 3. The van der Waals surface area contributed by atoms with Crippen LogP contribution in [-0.2, 0) is 9.59 Å². The molecule has 0 radical (unpaired) electrons. The van der Waals surface area contributed by atoms with Crippen LogP contribution >= 0.6 is 0 Å². The van der Waals surface area contributed by atoms with Crippen molar-refractivity contribution in [3.05, 3.63) is 23.6 Å². The van der Waals surface area contributed by atoms with Crippen molar-refractivity contribution in [2.24, 2.45) is 0 Å². The Labute approximate surface area is 140 Å². The average molecular weight is 337 g/mol. The maximum Gasteiger partial charge on any atom is 0.414 e. The van der Waals surface area contributed by atoms with Gasteiger partial charge in [-0.15, -0.1) is 0 Å². The maximum atomic E-state index is 9.10. The average Bonchev–Trinajstić information content (AvgIpc) is 3.06. The minimum Gasteiger partial charge on any atom is -0.473 e. The number of piperidine rings is 1. The van der Waals surface area contributed by atoms with E-state index in [0.29, 0.717) is 5.92 Å². The minimum absolute atomic E-state index is 0.514. The smallest absolute Gasteiger partial charge is 0.414 e. The van der Waals surface area contributed by atoms with E-state index >= 15 is 0 Å². The fourth-order valence-electron chi connectivity index (χ4n) is 2.95. The standard InChI is InChI=1S/C14H21N3O.C2H2O4/c1-17-7-3-5-12(9-17)13-10-18-16-14(13)11-4-2-6-15-8-11;3-1(4)2(5)6/h5,10-11,15H,2-4,6-9H2,1H3;(H,3,4)(H,5,6). The molecule has 0 bridgehead atoms. The van der Waals surface area contributed by atoms with Crippen molar-refractivity contribution in [3.63, 3.8) is 0 Å². The van der Waals surface area contributed by atoms with Crippen LogP contribution in [0.15, 0.2) is 16.9 Å². The summed E-state index contributed by atoms with van der Waals surface area (Å²) in [5, 5.41) is 22.5. The minimum atomic E-state index is -1.82. The molecule has 0 saturated carbocycles. The van der Waals surface area contributed by atoms with Crippen LogP contribution < -0.4 is 5.32 Å². The SMILES string of the molecule is CN1CCC=C(c2conc2C2CCCNC2)C1.O=C(O)C(=O)O. The largest absolute Gasteiger partial charge is 0.473 e. The van der Waals surface area contributed by atoms with E-state index in [1.807, 2.05) is 6.26 Å². The number of carbonyl (C=O) groups is 2. The van der Waals surface area contributed by atoms with Gasteiger partial charge in [-0.2, -0.15) is 0 Å². The van der Waals surface area contributed by atoms with Crippen LogP contribution in [0.5, 0.6) is 0 Å². The summed E-state index contributed by atoms with van der Waals surface area (Å²) in [4.78, 5) is 20.6. The molecular weight excluding hydrogens is 314 g/mol. The Morgan fingerprint density at radius 3 is 2.71 bits per heavy atom. The highest BCUT2D eigenvalue weighted by Gasteiger charge is 2.24. The third-order valence-electron chi connectivity index (χ3n) is 4.15. The van der Waals surface area contributed by atoms with E-state index in [4.69, 9.17) is 24.3 Å². The Hall–Kier alpha value is -2.19. The highest BCUT2D eigenvalue weighted by Crippen LogP contribution is 2.30. The molecule has 3 heterocycles. The van der Waals surface area contributed by atoms with Gasteiger partial charge < -0.3 is 25.0 Å². The molecule has 24 heavy (non-hydrogen) atoms. The van der Waals surface area contributed by atoms with Crippen molar-refractivity contribution < 1.29 is 24.3 Å². The molecule has 3 N–H and O–H groups in total. The van der Waals surface area contributed by atoms with Crippen LogP contribution in [-0.4, -0.2) is 65.4 Å². The zero-order valence-corrected chi connectivity index (χ0v) is 13.7. The molecule has 132 valence electrons. The molecular formula is C16H23N3O5. The van der Waals surface area contributed by atoms with E-state index in [2.05, 4.69) is 28.5 Å². The first-order chi connectivity index (χ1) is 11.5. The highest BCUT2D eigenvalue weighted by atomic mass is 16.5. The molecule has 3 rings (SSSR count). The van der Waals surface area contributed by atoms with Gasteiger partial charge in [-0.25, -0.2) is 9.59 Å². The molecule has 8 heteroatoms. The van der Waals surface area contributed by atoms with Gasteiger partial charge in [-0.05, 0) is 38.4 Å². The topological polar surface area (TPSA) is 116 Å². The first kappa shape index (κ1) is 18.2. The fraction of sp³-hybridized carbons (Fsp3) is 0.562. The lowest BCUT2D eigenvalue weighted by molar-refractivity contribution is -0.159. The first-order valence-corrected chi connectivity index (χ1v) is 7.98. The predicted octanol–water partition coefficient (Wildman–Crippen LogP) is 1.02. The molecule has 2 aliphatic heterocycles. The summed E-state index contributed by atoms with van der Waals surface area (Å²) in [6.45, 7) is 4.32. The molecule has 1 atom stereocenters. The number of hydrogen-bond acceptors (Lipinski definition) is 6. The second-order valence-electron chi connectivity index (χ2n) is 6.02. The maximum absolute atomic E-state index is 9.10. The van der Waals surface area contributed by atoms with Crippen molar-refractivity contribution in [1.82, 2.24) is 15.4 Å². The van der Waals surface area contributed by atoms with E-state index in [0.717, 1.165) is 38.3 Å². The molecule has 1 fully saturated rings. The van der Waals surface area contributed by atoms with Gasteiger partial charge in [-0.3, -0.25) is 0 Å². The zero-order valence-electron chi connectivity index (χ0n) is 13.7. The van der Waals surface area contributed by atoms with E-state index in [9.17, 15) is 0 Å². The summed E-state index contributed by atoms with van der Waals surface area (Å²) in [5.74, 6) is -3.13. The lowest BCUT2D eigenvalue weighted by Gasteiger charge is -2.25. The molecule has 1 aromatic rings. The second kappa shape index (κ2) is 8.60. The number of aromatic nitrogens is 1. The summed E-state index contributed by atoms with van der Waals surface area (Å²) in [6, 6.07) is 0. The number of nitrogens with one attached hydrogen (secondary N) is 1. The number of nitrogens with zero attached hydrogens (tertiary/aromatic N) is 2. The summed E-state index contributed by atoms with van der Waals surface area (Å²) in [7, 11) is 2.17. The Morgan fingerprint density at radius 2 is 2.12 bits per heavy atom. The van der Waals surface area contributed by atoms with Gasteiger partial charge >= 0.3 is 11.9 Å². The van der Waals surface area contributed by atoms with E-state index in [1.165, 1.54) is 24.0 Å². The van der Waals surface area contributed by atoms with Crippen LogP contribution in [0.3, 0.4) is 0 Å². The Bertz CT molecular complexity index is 593.